The van der Waals surface area contributed by atoms with Crippen LogP contribution in [0.25, 0.3) is 0 Å². The number of thiophene rings is 1. The first-order chi connectivity index (χ1) is 14.4. The molecular formula is C23H39N3O2S2. The summed E-state index contributed by atoms with van der Waals surface area (Å²) in [7, 11) is 0. The van der Waals surface area contributed by atoms with E-state index in [-0.39, 0.29) is 11.0 Å². The monoisotopic (exact) mass is 453 g/mol. The van der Waals surface area contributed by atoms with Crippen molar-refractivity contribution in [2.75, 3.05) is 5.32 Å². The van der Waals surface area contributed by atoms with Crippen LogP contribution in [-0.4, -0.2) is 16.9 Å². The van der Waals surface area contributed by atoms with Crippen molar-refractivity contribution in [2.24, 2.45) is 5.73 Å². The molecule has 0 saturated carbocycles. The summed E-state index contributed by atoms with van der Waals surface area (Å²) >= 11 is 6.68. The van der Waals surface area contributed by atoms with Gasteiger partial charge >= 0.3 is 0 Å². The minimum atomic E-state index is -0.478. The number of thiocarbonyl (C=S) groups is 1. The molecular weight excluding hydrogens is 414 g/mol. The van der Waals surface area contributed by atoms with Gasteiger partial charge in [0.05, 0.1) is 5.56 Å². The van der Waals surface area contributed by atoms with E-state index in [0.717, 1.165) is 29.7 Å². The predicted octanol–water partition coefficient (Wildman–Crippen LogP) is 6.23. The molecule has 1 heterocycles. The number of carbonyl (C=O) groups excluding carboxylic acids is 2. The number of hydrogen-bond acceptors (Lipinski definition) is 4. The van der Waals surface area contributed by atoms with Crippen LogP contribution in [0.4, 0.5) is 5.00 Å². The molecule has 4 N–H and O–H groups in total. The summed E-state index contributed by atoms with van der Waals surface area (Å²) in [5.74, 6) is -0.568. The van der Waals surface area contributed by atoms with Gasteiger partial charge in [-0.2, -0.15) is 0 Å². The molecule has 30 heavy (non-hydrogen) atoms. The van der Waals surface area contributed by atoms with Crippen molar-refractivity contribution in [3.8, 4) is 0 Å². The maximum absolute atomic E-state index is 12.1. The SMILES string of the molecule is CCCCCCCCCCCCCC(=O)NC(=S)Nc1sc(C)c(CC)c1C(N)=O. The minimum absolute atomic E-state index is 0.0898. The fourth-order valence-electron chi connectivity index (χ4n) is 3.63. The molecule has 0 bridgehead atoms. The van der Waals surface area contributed by atoms with Crippen molar-refractivity contribution in [2.45, 2.75) is 104 Å². The number of amides is 2. The number of rotatable bonds is 15. The van der Waals surface area contributed by atoms with Gasteiger partial charge in [0.25, 0.3) is 5.91 Å². The van der Waals surface area contributed by atoms with Crippen molar-refractivity contribution in [1.82, 2.24) is 5.32 Å². The van der Waals surface area contributed by atoms with E-state index in [0.29, 0.717) is 17.0 Å². The second-order valence-corrected chi connectivity index (χ2v) is 9.48. The molecule has 0 aliphatic carbocycles. The van der Waals surface area contributed by atoms with Gasteiger partial charge in [-0.15, -0.1) is 11.3 Å². The number of hydrogen-bond donors (Lipinski definition) is 3. The molecule has 0 fully saturated rings. The fourth-order valence-corrected chi connectivity index (χ4v) is 5.06. The molecule has 0 radical (unpaired) electrons. The molecule has 1 rings (SSSR count). The molecule has 5 nitrogen and oxygen atoms in total. The lowest BCUT2D eigenvalue weighted by molar-refractivity contribution is -0.119. The van der Waals surface area contributed by atoms with E-state index in [1.807, 2.05) is 13.8 Å². The summed E-state index contributed by atoms with van der Waals surface area (Å²) in [5, 5.41) is 6.52. The van der Waals surface area contributed by atoms with Gasteiger partial charge < -0.3 is 16.4 Å². The summed E-state index contributed by atoms with van der Waals surface area (Å²) in [6.07, 6.45) is 15.0. The highest BCUT2D eigenvalue weighted by molar-refractivity contribution is 7.80. The zero-order chi connectivity index (χ0) is 22.4. The smallest absolute Gasteiger partial charge is 0.251 e. The Hall–Kier alpha value is -1.47. The summed E-state index contributed by atoms with van der Waals surface area (Å²) in [6.45, 7) is 6.19. The van der Waals surface area contributed by atoms with E-state index in [1.165, 1.54) is 69.1 Å². The Morgan fingerprint density at radius 2 is 1.47 bits per heavy atom. The summed E-state index contributed by atoms with van der Waals surface area (Å²) in [5.41, 5.74) is 6.94. The van der Waals surface area contributed by atoms with Crippen LogP contribution >= 0.6 is 23.6 Å². The van der Waals surface area contributed by atoms with Gasteiger partial charge in [0, 0.05) is 11.3 Å². The standard InChI is InChI=1S/C23H39N3O2S2/c1-4-6-7-8-9-10-11-12-13-14-15-16-19(27)25-23(29)26-22-20(21(24)28)18(5-2)17(3)30-22/h4-16H2,1-3H3,(H2,24,28)(H2,25,26,27,29). The van der Waals surface area contributed by atoms with Gasteiger partial charge in [-0.05, 0) is 37.5 Å². The largest absolute Gasteiger partial charge is 0.365 e. The third kappa shape index (κ3) is 10.0. The zero-order valence-corrected chi connectivity index (χ0v) is 20.5. The summed E-state index contributed by atoms with van der Waals surface area (Å²) in [4.78, 5) is 25.0. The number of nitrogens with two attached hydrogens (primary N) is 1. The highest BCUT2D eigenvalue weighted by atomic mass is 32.1. The number of anilines is 1. The van der Waals surface area contributed by atoms with Crippen LogP contribution in [0.15, 0.2) is 0 Å². The molecule has 0 atom stereocenters. The second-order valence-electron chi connectivity index (χ2n) is 7.85. The lowest BCUT2D eigenvalue weighted by Crippen LogP contribution is -2.34. The zero-order valence-electron chi connectivity index (χ0n) is 18.9. The molecule has 1 aromatic heterocycles. The molecule has 0 aromatic carbocycles. The molecule has 0 unspecified atom stereocenters. The Labute approximate surface area is 191 Å². The maximum atomic E-state index is 12.1. The van der Waals surface area contributed by atoms with Crippen LogP contribution in [0.3, 0.4) is 0 Å². The maximum Gasteiger partial charge on any atom is 0.251 e. The van der Waals surface area contributed by atoms with E-state index in [4.69, 9.17) is 18.0 Å². The number of primary amides is 1. The molecule has 0 spiro atoms. The van der Waals surface area contributed by atoms with Gasteiger partial charge in [0.2, 0.25) is 5.91 Å². The number of aryl methyl sites for hydroxylation is 1. The summed E-state index contributed by atoms with van der Waals surface area (Å²) in [6, 6.07) is 0. The van der Waals surface area contributed by atoms with Crippen LogP contribution in [0.2, 0.25) is 0 Å². The Bertz CT molecular complexity index is 686. The van der Waals surface area contributed by atoms with Crippen LogP contribution in [0.1, 0.15) is 112 Å². The van der Waals surface area contributed by atoms with Gasteiger partial charge in [-0.25, -0.2) is 0 Å². The van der Waals surface area contributed by atoms with Crippen molar-refractivity contribution < 1.29 is 9.59 Å². The van der Waals surface area contributed by atoms with E-state index in [1.54, 1.807) is 0 Å². The normalized spacial score (nSPS) is 10.8. The Morgan fingerprint density at radius 3 is 1.97 bits per heavy atom. The van der Waals surface area contributed by atoms with Crippen LogP contribution in [0.5, 0.6) is 0 Å². The number of carbonyl (C=O) groups is 2. The third-order valence-corrected chi connectivity index (χ3v) is 6.56. The van der Waals surface area contributed by atoms with Gasteiger partial charge in [-0.1, -0.05) is 78.1 Å². The minimum Gasteiger partial charge on any atom is -0.365 e. The van der Waals surface area contributed by atoms with E-state index in [2.05, 4.69) is 17.6 Å². The van der Waals surface area contributed by atoms with Gasteiger partial charge in [0.15, 0.2) is 5.11 Å². The van der Waals surface area contributed by atoms with Crippen LogP contribution < -0.4 is 16.4 Å². The highest BCUT2D eigenvalue weighted by Gasteiger charge is 2.20. The first-order valence-electron chi connectivity index (χ1n) is 11.4. The lowest BCUT2D eigenvalue weighted by Gasteiger charge is -2.09. The van der Waals surface area contributed by atoms with Crippen molar-refractivity contribution >= 4 is 45.5 Å². The van der Waals surface area contributed by atoms with E-state index >= 15 is 0 Å². The van der Waals surface area contributed by atoms with Crippen molar-refractivity contribution in [1.29, 1.82) is 0 Å². The summed E-state index contributed by atoms with van der Waals surface area (Å²) < 4.78 is 0. The number of unbranched alkanes of at least 4 members (excludes halogenated alkanes) is 10. The average Bonchev–Trinajstić information content (AvgIpc) is 3.00. The molecule has 2 amide bonds. The quantitative estimate of drug-likeness (QED) is 0.217. The van der Waals surface area contributed by atoms with Gasteiger partial charge in [0.1, 0.15) is 5.00 Å². The number of nitrogens with one attached hydrogen (secondary N) is 2. The van der Waals surface area contributed by atoms with Gasteiger partial charge in [-0.3, -0.25) is 9.59 Å². The molecule has 0 saturated heterocycles. The Kier molecular flexibility index (Phi) is 13.6. The topological polar surface area (TPSA) is 84.2 Å². The molecule has 0 aliphatic rings. The molecule has 0 aliphatic heterocycles. The van der Waals surface area contributed by atoms with Crippen molar-refractivity contribution in [3.05, 3.63) is 16.0 Å². The van der Waals surface area contributed by atoms with E-state index in [9.17, 15) is 9.59 Å². The second kappa shape index (κ2) is 15.3. The van der Waals surface area contributed by atoms with Crippen LogP contribution in [-0.2, 0) is 11.2 Å². The predicted molar refractivity (Wildman–Crippen MR) is 132 cm³/mol. The van der Waals surface area contributed by atoms with Crippen molar-refractivity contribution in [3.63, 3.8) is 0 Å². The Balaban J connectivity index is 2.21. The molecule has 7 heteroatoms. The molecule has 1 aromatic rings. The Morgan fingerprint density at radius 1 is 0.933 bits per heavy atom. The first kappa shape index (κ1) is 26.6. The lowest BCUT2D eigenvalue weighted by atomic mass is 10.1. The first-order valence-corrected chi connectivity index (χ1v) is 12.7. The molecule has 170 valence electrons. The van der Waals surface area contributed by atoms with Crippen LogP contribution in [0, 0.1) is 6.92 Å². The fraction of sp³-hybridized carbons (Fsp3) is 0.696. The third-order valence-electron chi connectivity index (χ3n) is 5.30. The highest BCUT2D eigenvalue weighted by Crippen LogP contribution is 2.33. The average molecular weight is 454 g/mol. The van der Waals surface area contributed by atoms with E-state index < -0.39 is 5.91 Å².